The molecule has 0 atom stereocenters. The lowest BCUT2D eigenvalue weighted by atomic mass is 9.96. The van der Waals surface area contributed by atoms with Gasteiger partial charge in [-0.15, -0.1) is 0 Å². The maximum absolute atomic E-state index is 14.1. The van der Waals surface area contributed by atoms with Crippen molar-refractivity contribution in [3.63, 3.8) is 0 Å². The Morgan fingerprint density at radius 1 is 1.18 bits per heavy atom. The van der Waals surface area contributed by atoms with Gasteiger partial charge in [0.05, 0.1) is 24.7 Å². The number of methoxy groups -OCH3 is 1. The fourth-order valence-electron chi connectivity index (χ4n) is 3.61. The van der Waals surface area contributed by atoms with Crippen LogP contribution < -0.4 is 11.3 Å². The molecule has 0 aliphatic carbocycles. The van der Waals surface area contributed by atoms with Crippen LogP contribution in [0.2, 0.25) is 0 Å². The van der Waals surface area contributed by atoms with Crippen molar-refractivity contribution in [2.24, 2.45) is 12.8 Å². The monoisotopic (exact) mass is 478 g/mol. The number of nitrogens with two attached hydrogens (primary N) is 1. The van der Waals surface area contributed by atoms with E-state index < -0.39 is 17.3 Å². The normalized spacial score (nSPS) is 11.4. The standard InChI is InChI=1S/C21H22F3N3O.C3H7NO2/c1-13-9-14(7-8-25-13)10-17-19(21(22,23)24)16-11-15(12-26(2)3)5-6-18(16)27(4)20(17)28;1-6-3(5)2-4/h5-9,11H,10,12H2,1-4H3;2,4H2,1H3. The van der Waals surface area contributed by atoms with Crippen molar-refractivity contribution in [2.75, 3.05) is 27.7 Å². The Morgan fingerprint density at radius 3 is 2.35 bits per heavy atom. The second-order valence-corrected chi connectivity index (χ2v) is 8.07. The van der Waals surface area contributed by atoms with Crippen LogP contribution in [0.1, 0.15) is 27.9 Å². The van der Waals surface area contributed by atoms with E-state index in [-0.39, 0.29) is 35.4 Å². The highest BCUT2D eigenvalue weighted by atomic mass is 19.4. The largest absolute Gasteiger partial charge is 0.468 e. The Hall–Kier alpha value is -3.24. The van der Waals surface area contributed by atoms with Crippen LogP contribution in [0, 0.1) is 6.92 Å². The van der Waals surface area contributed by atoms with Crippen LogP contribution in [-0.4, -0.2) is 48.2 Å². The van der Waals surface area contributed by atoms with E-state index >= 15 is 0 Å². The zero-order chi connectivity index (χ0) is 25.6. The Labute approximate surface area is 196 Å². The number of benzene rings is 1. The number of aromatic nitrogens is 2. The number of fused-ring (bicyclic) bond motifs is 1. The van der Waals surface area contributed by atoms with Gasteiger partial charge in [0.25, 0.3) is 5.56 Å². The molecule has 0 fully saturated rings. The Kier molecular flexibility index (Phi) is 8.94. The molecule has 2 heterocycles. The predicted octanol–water partition coefficient (Wildman–Crippen LogP) is 3.03. The highest BCUT2D eigenvalue weighted by Crippen LogP contribution is 2.37. The first-order valence-electron chi connectivity index (χ1n) is 10.4. The quantitative estimate of drug-likeness (QED) is 0.567. The average molecular weight is 479 g/mol. The number of pyridine rings is 2. The van der Waals surface area contributed by atoms with E-state index in [9.17, 15) is 22.8 Å². The Balaban J connectivity index is 0.000000604. The number of carbonyl (C=O) groups is 1. The molecule has 0 saturated heterocycles. The van der Waals surface area contributed by atoms with Gasteiger partial charge in [-0.1, -0.05) is 6.07 Å². The van der Waals surface area contributed by atoms with Crippen molar-refractivity contribution >= 4 is 16.9 Å². The minimum atomic E-state index is -4.64. The molecule has 0 unspecified atom stereocenters. The molecule has 0 spiro atoms. The lowest BCUT2D eigenvalue weighted by Gasteiger charge is -2.19. The third-order valence-corrected chi connectivity index (χ3v) is 5.07. The lowest BCUT2D eigenvalue weighted by molar-refractivity contribution is -0.139. The van der Waals surface area contributed by atoms with E-state index in [4.69, 9.17) is 5.73 Å². The van der Waals surface area contributed by atoms with Gasteiger partial charge in [-0.2, -0.15) is 13.2 Å². The number of hydrogen-bond donors (Lipinski definition) is 1. The maximum Gasteiger partial charge on any atom is 0.417 e. The van der Waals surface area contributed by atoms with Crippen molar-refractivity contribution in [3.8, 4) is 0 Å². The van der Waals surface area contributed by atoms with Gasteiger partial charge in [0, 0.05) is 42.9 Å². The smallest absolute Gasteiger partial charge is 0.417 e. The Morgan fingerprint density at radius 2 is 1.85 bits per heavy atom. The molecular formula is C24H29F3N4O3. The number of halogens is 3. The number of nitrogens with zero attached hydrogens (tertiary/aromatic N) is 3. The molecule has 3 rings (SSSR count). The van der Waals surface area contributed by atoms with Crippen molar-refractivity contribution < 1.29 is 22.7 Å². The third kappa shape index (κ3) is 6.64. The molecule has 2 aromatic heterocycles. The number of rotatable bonds is 5. The van der Waals surface area contributed by atoms with Gasteiger partial charge in [-0.05, 0) is 56.4 Å². The van der Waals surface area contributed by atoms with E-state index in [0.717, 1.165) is 5.56 Å². The summed E-state index contributed by atoms with van der Waals surface area (Å²) in [6, 6.07) is 8.23. The molecule has 34 heavy (non-hydrogen) atoms. The predicted molar refractivity (Wildman–Crippen MR) is 124 cm³/mol. The molecule has 0 aliphatic heterocycles. The van der Waals surface area contributed by atoms with Crippen LogP contribution in [0.3, 0.4) is 0 Å². The van der Waals surface area contributed by atoms with E-state index in [1.807, 2.05) is 19.0 Å². The zero-order valence-electron chi connectivity index (χ0n) is 19.9. The number of alkyl halides is 3. The van der Waals surface area contributed by atoms with Crippen LogP contribution in [0.25, 0.3) is 10.9 Å². The molecule has 0 amide bonds. The van der Waals surface area contributed by atoms with E-state index in [1.165, 1.54) is 18.7 Å². The third-order valence-electron chi connectivity index (χ3n) is 5.07. The van der Waals surface area contributed by atoms with E-state index in [0.29, 0.717) is 17.8 Å². The van der Waals surface area contributed by atoms with Crippen molar-refractivity contribution in [1.82, 2.24) is 14.5 Å². The summed E-state index contributed by atoms with van der Waals surface area (Å²) < 4.78 is 47.7. The van der Waals surface area contributed by atoms with Crippen LogP contribution >= 0.6 is 0 Å². The maximum atomic E-state index is 14.1. The SMILES string of the molecule is COC(=O)CN.Cc1cc(Cc2c(C(F)(F)F)c3cc(CN(C)C)ccc3n(C)c2=O)ccn1. The number of ether oxygens (including phenoxy) is 1. The number of aryl methyl sites for hydroxylation is 2. The van der Waals surface area contributed by atoms with E-state index in [2.05, 4.69) is 9.72 Å². The number of esters is 1. The van der Waals surface area contributed by atoms with Gasteiger partial charge < -0.3 is 19.9 Å². The summed E-state index contributed by atoms with van der Waals surface area (Å²) >= 11 is 0. The van der Waals surface area contributed by atoms with Gasteiger partial charge in [0.15, 0.2) is 0 Å². The highest BCUT2D eigenvalue weighted by Gasteiger charge is 2.37. The molecule has 3 aromatic rings. The van der Waals surface area contributed by atoms with Crippen molar-refractivity contribution in [3.05, 3.63) is 74.8 Å². The zero-order valence-corrected chi connectivity index (χ0v) is 19.9. The van der Waals surface area contributed by atoms with Gasteiger partial charge in [-0.3, -0.25) is 14.6 Å². The van der Waals surface area contributed by atoms with Crippen LogP contribution in [-0.2, 0) is 35.7 Å². The fraction of sp³-hybridized carbons (Fsp3) is 0.375. The first kappa shape index (κ1) is 27.0. The topological polar surface area (TPSA) is 90.5 Å². The van der Waals surface area contributed by atoms with Crippen LogP contribution in [0.4, 0.5) is 13.2 Å². The summed E-state index contributed by atoms with van der Waals surface area (Å²) in [6.45, 7) is 2.24. The average Bonchev–Trinajstić information content (AvgIpc) is 2.76. The molecule has 0 bridgehead atoms. The lowest BCUT2D eigenvalue weighted by Crippen LogP contribution is -2.27. The van der Waals surface area contributed by atoms with Crippen LogP contribution in [0.5, 0.6) is 0 Å². The first-order valence-corrected chi connectivity index (χ1v) is 10.4. The molecule has 1 aromatic carbocycles. The van der Waals surface area contributed by atoms with Gasteiger partial charge >= 0.3 is 12.1 Å². The first-order chi connectivity index (χ1) is 15.9. The highest BCUT2D eigenvalue weighted by molar-refractivity contribution is 5.85. The fourth-order valence-corrected chi connectivity index (χ4v) is 3.61. The number of carbonyl (C=O) groups excluding carboxylic acids is 1. The van der Waals surface area contributed by atoms with Crippen LogP contribution in [0.15, 0.2) is 41.3 Å². The molecule has 0 radical (unpaired) electrons. The minimum absolute atomic E-state index is 0.0312. The molecule has 0 aliphatic rings. The Bertz CT molecular complexity index is 1210. The van der Waals surface area contributed by atoms with Crippen molar-refractivity contribution in [1.29, 1.82) is 0 Å². The minimum Gasteiger partial charge on any atom is -0.468 e. The van der Waals surface area contributed by atoms with Gasteiger partial charge in [0.1, 0.15) is 0 Å². The summed E-state index contributed by atoms with van der Waals surface area (Å²) in [5.74, 6) is -0.380. The van der Waals surface area contributed by atoms with Gasteiger partial charge in [-0.25, -0.2) is 0 Å². The number of hydrogen-bond acceptors (Lipinski definition) is 6. The summed E-state index contributed by atoms with van der Waals surface area (Å²) in [5.41, 5.74) is 5.44. The molecule has 184 valence electrons. The summed E-state index contributed by atoms with van der Waals surface area (Å²) in [4.78, 5) is 28.6. The second kappa shape index (κ2) is 11.3. The summed E-state index contributed by atoms with van der Waals surface area (Å²) in [7, 11) is 6.52. The molecule has 10 heteroatoms. The van der Waals surface area contributed by atoms with E-state index in [1.54, 1.807) is 43.5 Å². The van der Waals surface area contributed by atoms with Crippen molar-refractivity contribution in [2.45, 2.75) is 26.1 Å². The van der Waals surface area contributed by atoms with Gasteiger partial charge in [0.2, 0.25) is 0 Å². The summed E-state index contributed by atoms with van der Waals surface area (Å²) in [5, 5.41) is 0.0507. The molecule has 2 N–H and O–H groups in total. The summed E-state index contributed by atoms with van der Waals surface area (Å²) in [6.07, 6.45) is -3.20. The molecular weight excluding hydrogens is 449 g/mol. The molecule has 7 nitrogen and oxygen atoms in total. The second-order valence-electron chi connectivity index (χ2n) is 8.07. The molecule has 0 saturated carbocycles.